The topological polar surface area (TPSA) is 54.0 Å². The van der Waals surface area contributed by atoms with Crippen LogP contribution in [0.2, 0.25) is 0 Å². The van der Waals surface area contributed by atoms with E-state index in [0.29, 0.717) is 11.3 Å². The van der Waals surface area contributed by atoms with Gasteiger partial charge in [0.2, 0.25) is 6.29 Å². The lowest BCUT2D eigenvalue weighted by atomic mass is 9.98. The summed E-state index contributed by atoms with van der Waals surface area (Å²) in [5.41, 5.74) is 0.581. The van der Waals surface area contributed by atoms with Crippen molar-refractivity contribution in [2.75, 3.05) is 21.3 Å². The van der Waals surface area contributed by atoms with E-state index in [2.05, 4.69) is 0 Å². The molecular formula is C15H18O5. The number of rotatable bonds is 4. The first kappa shape index (κ1) is 14.6. The molecular weight excluding hydrogens is 260 g/mol. The minimum Gasteiger partial charge on any atom is -0.478 e. The SMILES string of the molecule is COC(=O)c1ccc2c(c1)C=C[C@@](C)(C(OC)OC)O2. The van der Waals surface area contributed by atoms with E-state index < -0.39 is 11.9 Å². The molecule has 0 unspecified atom stereocenters. The second kappa shape index (κ2) is 5.64. The minimum atomic E-state index is -0.719. The van der Waals surface area contributed by atoms with Gasteiger partial charge in [0.05, 0.1) is 12.7 Å². The summed E-state index contributed by atoms with van der Waals surface area (Å²) in [6.07, 6.45) is 3.22. The monoisotopic (exact) mass is 278 g/mol. The number of carbonyl (C=O) groups excluding carboxylic acids is 1. The maximum Gasteiger partial charge on any atom is 0.337 e. The average Bonchev–Trinajstić information content (AvgIpc) is 2.47. The molecule has 1 aliphatic heterocycles. The normalized spacial score (nSPS) is 20.4. The lowest BCUT2D eigenvalue weighted by molar-refractivity contribution is -0.180. The maximum atomic E-state index is 11.5. The Hall–Kier alpha value is -1.85. The molecule has 0 radical (unpaired) electrons. The molecule has 1 aromatic carbocycles. The van der Waals surface area contributed by atoms with Crippen LogP contribution in [0.4, 0.5) is 0 Å². The number of benzene rings is 1. The zero-order valence-electron chi connectivity index (χ0n) is 12.0. The first-order valence-electron chi connectivity index (χ1n) is 6.20. The number of methoxy groups -OCH3 is 3. The highest BCUT2D eigenvalue weighted by molar-refractivity contribution is 5.90. The Bertz CT molecular complexity index is 533. The van der Waals surface area contributed by atoms with Crippen LogP contribution in [0.1, 0.15) is 22.8 Å². The number of fused-ring (bicyclic) bond motifs is 1. The molecule has 5 heteroatoms. The van der Waals surface area contributed by atoms with Gasteiger partial charge < -0.3 is 18.9 Å². The molecule has 0 aromatic heterocycles. The van der Waals surface area contributed by atoms with Gasteiger partial charge in [-0.05, 0) is 31.2 Å². The summed E-state index contributed by atoms with van der Waals surface area (Å²) in [7, 11) is 4.48. The summed E-state index contributed by atoms with van der Waals surface area (Å²) in [6, 6.07) is 5.14. The number of carbonyl (C=O) groups is 1. The summed E-state index contributed by atoms with van der Waals surface area (Å²) in [5.74, 6) is 0.294. The fourth-order valence-electron chi connectivity index (χ4n) is 2.23. The molecule has 0 aliphatic carbocycles. The summed E-state index contributed by atoms with van der Waals surface area (Å²) >= 11 is 0. The van der Waals surface area contributed by atoms with E-state index in [1.54, 1.807) is 32.4 Å². The second-order valence-corrected chi connectivity index (χ2v) is 4.67. The Morgan fingerprint density at radius 1 is 1.25 bits per heavy atom. The van der Waals surface area contributed by atoms with Crippen LogP contribution in [0.15, 0.2) is 24.3 Å². The van der Waals surface area contributed by atoms with Gasteiger partial charge in [-0.2, -0.15) is 0 Å². The summed E-state index contributed by atoms with van der Waals surface area (Å²) in [5, 5.41) is 0. The van der Waals surface area contributed by atoms with Crippen molar-refractivity contribution >= 4 is 12.0 Å². The molecule has 1 aliphatic rings. The standard InChI is InChI=1S/C15H18O5/c1-15(14(18-3)19-4)8-7-10-9-11(13(16)17-2)5-6-12(10)20-15/h5-9,14H,1-4H3/t15-/m0/s1. The molecule has 5 nitrogen and oxygen atoms in total. The molecule has 2 rings (SSSR count). The number of esters is 1. The van der Waals surface area contributed by atoms with Gasteiger partial charge in [-0.15, -0.1) is 0 Å². The predicted molar refractivity (Wildman–Crippen MR) is 73.7 cm³/mol. The van der Waals surface area contributed by atoms with E-state index in [4.69, 9.17) is 18.9 Å². The molecule has 0 fully saturated rings. The summed E-state index contributed by atoms with van der Waals surface area (Å²) in [6.45, 7) is 1.87. The van der Waals surface area contributed by atoms with Crippen molar-refractivity contribution in [1.29, 1.82) is 0 Å². The molecule has 1 aromatic rings. The molecule has 20 heavy (non-hydrogen) atoms. The lowest BCUT2D eigenvalue weighted by Gasteiger charge is -2.36. The quantitative estimate of drug-likeness (QED) is 0.624. The van der Waals surface area contributed by atoms with E-state index in [0.717, 1.165) is 5.56 Å². The Morgan fingerprint density at radius 2 is 1.95 bits per heavy atom. The highest BCUT2D eigenvalue weighted by atomic mass is 16.7. The lowest BCUT2D eigenvalue weighted by Crippen LogP contribution is -2.46. The minimum absolute atomic E-state index is 0.374. The van der Waals surface area contributed by atoms with Crippen LogP contribution >= 0.6 is 0 Å². The van der Waals surface area contributed by atoms with Crippen LogP contribution < -0.4 is 4.74 Å². The Kier molecular flexibility index (Phi) is 4.11. The van der Waals surface area contributed by atoms with Gasteiger partial charge in [0, 0.05) is 19.8 Å². The van der Waals surface area contributed by atoms with Crippen molar-refractivity contribution < 1.29 is 23.7 Å². The zero-order valence-corrected chi connectivity index (χ0v) is 12.0. The van der Waals surface area contributed by atoms with Crippen molar-refractivity contribution in [2.24, 2.45) is 0 Å². The average molecular weight is 278 g/mol. The van der Waals surface area contributed by atoms with Gasteiger partial charge >= 0.3 is 5.97 Å². The molecule has 0 saturated heterocycles. The van der Waals surface area contributed by atoms with Crippen LogP contribution in [0.25, 0.3) is 6.08 Å². The molecule has 1 heterocycles. The van der Waals surface area contributed by atoms with Crippen molar-refractivity contribution in [2.45, 2.75) is 18.8 Å². The number of hydrogen-bond donors (Lipinski definition) is 0. The Labute approximate surface area is 118 Å². The third-order valence-corrected chi connectivity index (χ3v) is 3.25. The Morgan fingerprint density at radius 3 is 2.55 bits per heavy atom. The van der Waals surface area contributed by atoms with E-state index in [1.807, 2.05) is 19.1 Å². The van der Waals surface area contributed by atoms with E-state index in [9.17, 15) is 4.79 Å². The zero-order chi connectivity index (χ0) is 14.8. The van der Waals surface area contributed by atoms with E-state index >= 15 is 0 Å². The van der Waals surface area contributed by atoms with Gasteiger partial charge in [-0.1, -0.05) is 6.08 Å². The predicted octanol–water partition coefficient (Wildman–Crippen LogP) is 2.26. The maximum absolute atomic E-state index is 11.5. The molecule has 0 spiro atoms. The molecule has 0 bridgehead atoms. The fraction of sp³-hybridized carbons (Fsp3) is 0.400. The van der Waals surface area contributed by atoms with Gasteiger partial charge in [0.15, 0.2) is 5.60 Å². The van der Waals surface area contributed by atoms with Crippen molar-refractivity contribution in [3.63, 3.8) is 0 Å². The van der Waals surface area contributed by atoms with Gasteiger partial charge in [-0.25, -0.2) is 4.79 Å². The Balaban J connectivity index is 2.31. The van der Waals surface area contributed by atoms with Crippen molar-refractivity contribution in [3.05, 3.63) is 35.4 Å². The van der Waals surface area contributed by atoms with Crippen LogP contribution in [-0.4, -0.2) is 39.2 Å². The number of hydrogen-bond acceptors (Lipinski definition) is 5. The van der Waals surface area contributed by atoms with Gasteiger partial charge in [0.1, 0.15) is 5.75 Å². The first-order valence-corrected chi connectivity index (χ1v) is 6.20. The number of ether oxygens (including phenoxy) is 4. The summed E-state index contributed by atoms with van der Waals surface area (Å²) in [4.78, 5) is 11.5. The highest BCUT2D eigenvalue weighted by Crippen LogP contribution is 2.34. The molecule has 0 N–H and O–H groups in total. The highest BCUT2D eigenvalue weighted by Gasteiger charge is 2.37. The van der Waals surface area contributed by atoms with Crippen LogP contribution in [0.5, 0.6) is 5.75 Å². The smallest absolute Gasteiger partial charge is 0.337 e. The van der Waals surface area contributed by atoms with E-state index in [1.165, 1.54) is 7.11 Å². The fourth-order valence-corrected chi connectivity index (χ4v) is 2.23. The van der Waals surface area contributed by atoms with Gasteiger partial charge in [-0.3, -0.25) is 0 Å². The van der Waals surface area contributed by atoms with Crippen LogP contribution in [0, 0.1) is 0 Å². The third-order valence-electron chi connectivity index (χ3n) is 3.25. The summed E-state index contributed by atoms with van der Waals surface area (Å²) < 4.78 is 21.2. The third kappa shape index (κ3) is 2.55. The van der Waals surface area contributed by atoms with Crippen molar-refractivity contribution in [1.82, 2.24) is 0 Å². The van der Waals surface area contributed by atoms with Crippen molar-refractivity contribution in [3.8, 4) is 5.75 Å². The molecule has 1 atom stereocenters. The molecule has 108 valence electrons. The molecule has 0 saturated carbocycles. The van der Waals surface area contributed by atoms with Gasteiger partial charge in [0.25, 0.3) is 0 Å². The van der Waals surface area contributed by atoms with Crippen LogP contribution in [0.3, 0.4) is 0 Å². The van der Waals surface area contributed by atoms with E-state index in [-0.39, 0.29) is 5.97 Å². The molecule has 0 amide bonds. The largest absolute Gasteiger partial charge is 0.478 e. The second-order valence-electron chi connectivity index (χ2n) is 4.67. The van der Waals surface area contributed by atoms with Crippen LogP contribution in [-0.2, 0) is 14.2 Å². The first-order chi connectivity index (χ1) is 9.54.